The summed E-state index contributed by atoms with van der Waals surface area (Å²) in [6.45, 7) is 5.51. The van der Waals surface area contributed by atoms with Crippen LogP contribution in [0, 0.1) is 0 Å². The van der Waals surface area contributed by atoms with Gasteiger partial charge in [0.1, 0.15) is 0 Å². The number of benzene rings is 1. The molecule has 0 atom stereocenters. The topological polar surface area (TPSA) is 51.3 Å². The number of nitrogens with zero attached hydrogens (tertiary/aromatic N) is 2. The summed E-state index contributed by atoms with van der Waals surface area (Å²) < 4.78 is 1.68. The number of hydrogen-bond acceptors (Lipinski definition) is 4. The first kappa shape index (κ1) is 19.9. The van der Waals surface area contributed by atoms with Crippen molar-refractivity contribution in [2.24, 2.45) is 0 Å². The van der Waals surface area contributed by atoms with Gasteiger partial charge in [-0.1, -0.05) is 38.3 Å². The molecule has 4 nitrogen and oxygen atoms in total. The third kappa shape index (κ3) is 4.31. The van der Waals surface area contributed by atoms with E-state index < -0.39 is 0 Å². The minimum absolute atomic E-state index is 0.0773. The molecule has 2 N–H and O–H groups in total. The maximum absolute atomic E-state index is 12.8. The molecule has 1 aromatic carbocycles. The van der Waals surface area contributed by atoms with Crippen LogP contribution in [0.25, 0.3) is 16.5 Å². The second-order valence-electron chi connectivity index (χ2n) is 7.83. The fraction of sp³-hybridized carbons (Fsp3) is 0.375. The molecule has 0 amide bonds. The second kappa shape index (κ2) is 8.97. The van der Waals surface area contributed by atoms with Crippen molar-refractivity contribution in [3.8, 4) is 0 Å². The molecule has 3 aromatic rings. The molecule has 29 heavy (non-hydrogen) atoms. The highest BCUT2D eigenvalue weighted by Gasteiger charge is 2.18. The van der Waals surface area contributed by atoms with E-state index in [1.807, 2.05) is 41.9 Å². The Morgan fingerprint density at radius 1 is 1.21 bits per heavy atom. The van der Waals surface area contributed by atoms with E-state index in [4.69, 9.17) is 5.84 Å². The van der Waals surface area contributed by atoms with Gasteiger partial charge < -0.3 is 5.84 Å². The van der Waals surface area contributed by atoms with Crippen molar-refractivity contribution in [2.45, 2.75) is 39.0 Å². The summed E-state index contributed by atoms with van der Waals surface area (Å²) in [7, 11) is 0. The average Bonchev–Trinajstić information content (AvgIpc) is 3.40. The first-order valence-corrected chi connectivity index (χ1v) is 11.5. The highest BCUT2D eigenvalue weighted by Crippen LogP contribution is 2.31. The Morgan fingerprint density at radius 2 is 2.10 bits per heavy atom. The Balaban J connectivity index is 1.55. The molecule has 0 bridgehead atoms. The van der Waals surface area contributed by atoms with E-state index in [0.717, 1.165) is 46.4 Å². The Morgan fingerprint density at radius 3 is 2.83 bits per heavy atom. The monoisotopic (exact) mass is 407 g/mol. The number of hydrogen-bond donors (Lipinski definition) is 1. The molecule has 0 fully saturated rings. The van der Waals surface area contributed by atoms with Crippen LogP contribution in [0.3, 0.4) is 0 Å². The number of thiophene rings is 1. The van der Waals surface area contributed by atoms with Crippen LogP contribution < -0.4 is 5.84 Å². The molecule has 152 valence electrons. The lowest BCUT2D eigenvalue weighted by atomic mass is 9.97. The van der Waals surface area contributed by atoms with Crippen molar-refractivity contribution >= 4 is 33.6 Å². The van der Waals surface area contributed by atoms with Crippen LogP contribution in [0.4, 0.5) is 0 Å². The Labute approximate surface area is 176 Å². The number of aromatic nitrogens is 1. The number of carbonyl (C=O) groups is 1. The zero-order chi connectivity index (χ0) is 20.2. The second-order valence-corrected chi connectivity index (χ2v) is 8.78. The number of rotatable bonds is 8. The molecule has 5 heteroatoms. The van der Waals surface area contributed by atoms with Gasteiger partial charge in [-0.05, 0) is 54.6 Å². The smallest absolute Gasteiger partial charge is 0.202 e. The van der Waals surface area contributed by atoms with Crippen LogP contribution in [0.15, 0.2) is 48.0 Å². The van der Waals surface area contributed by atoms with E-state index in [2.05, 4.69) is 17.9 Å². The standard InChI is InChI=1S/C24H29N3OS/c1-2-3-4-5-12-26-13-10-18(11-14-26)21-17-27(25)22-9-8-19(16-20(21)22)24(28)23-7-6-15-29-23/h6-10,15-17H,2-5,11-14,25H2,1H3. The van der Waals surface area contributed by atoms with Gasteiger partial charge in [0.05, 0.1) is 10.4 Å². The zero-order valence-electron chi connectivity index (χ0n) is 17.1. The van der Waals surface area contributed by atoms with Gasteiger partial charge in [0, 0.05) is 35.8 Å². The highest BCUT2D eigenvalue weighted by atomic mass is 32.1. The molecule has 4 rings (SSSR count). The third-order valence-electron chi connectivity index (χ3n) is 5.81. The lowest BCUT2D eigenvalue weighted by molar-refractivity contribution is 0.104. The number of unbranched alkanes of at least 4 members (excludes halogenated alkanes) is 3. The van der Waals surface area contributed by atoms with Gasteiger partial charge in [0.2, 0.25) is 5.78 Å². The van der Waals surface area contributed by atoms with Gasteiger partial charge in [-0.25, -0.2) is 0 Å². The quantitative estimate of drug-likeness (QED) is 0.312. The van der Waals surface area contributed by atoms with Crippen molar-refractivity contribution in [2.75, 3.05) is 25.5 Å². The van der Waals surface area contributed by atoms with Crippen molar-refractivity contribution < 1.29 is 4.79 Å². The van der Waals surface area contributed by atoms with Gasteiger partial charge >= 0.3 is 0 Å². The first-order valence-electron chi connectivity index (χ1n) is 10.6. The van der Waals surface area contributed by atoms with Crippen LogP contribution in [0.5, 0.6) is 0 Å². The minimum Gasteiger partial charge on any atom is -0.339 e. The largest absolute Gasteiger partial charge is 0.339 e. The van der Waals surface area contributed by atoms with E-state index in [-0.39, 0.29) is 5.78 Å². The number of fused-ring (bicyclic) bond motifs is 1. The van der Waals surface area contributed by atoms with Crippen LogP contribution in [0.2, 0.25) is 0 Å². The SMILES string of the molecule is CCCCCCN1CC=C(c2cn(N)c3ccc(C(=O)c4cccs4)cc23)CC1. The van der Waals surface area contributed by atoms with Crippen molar-refractivity contribution in [1.29, 1.82) is 0 Å². The normalized spacial score (nSPS) is 15.0. The molecule has 0 saturated heterocycles. The Hall–Kier alpha value is -2.37. The molecule has 1 aliphatic rings. The number of carbonyl (C=O) groups excluding carboxylic acids is 1. The Kier molecular flexibility index (Phi) is 6.16. The van der Waals surface area contributed by atoms with Gasteiger partial charge in [-0.3, -0.25) is 14.4 Å². The van der Waals surface area contributed by atoms with E-state index >= 15 is 0 Å². The summed E-state index contributed by atoms with van der Waals surface area (Å²) in [6, 6.07) is 9.64. The predicted molar refractivity (Wildman–Crippen MR) is 123 cm³/mol. The molecule has 0 aliphatic carbocycles. The van der Waals surface area contributed by atoms with Crippen LogP contribution in [-0.4, -0.2) is 35.0 Å². The van der Waals surface area contributed by atoms with Crippen LogP contribution in [-0.2, 0) is 0 Å². The van der Waals surface area contributed by atoms with Gasteiger partial charge in [-0.15, -0.1) is 11.3 Å². The van der Waals surface area contributed by atoms with E-state index in [0.29, 0.717) is 0 Å². The molecular formula is C24H29N3OS. The maximum Gasteiger partial charge on any atom is 0.202 e. The molecule has 2 aromatic heterocycles. The molecule has 0 radical (unpaired) electrons. The van der Waals surface area contributed by atoms with Gasteiger partial charge in [0.15, 0.2) is 0 Å². The molecule has 0 unspecified atom stereocenters. The van der Waals surface area contributed by atoms with Crippen LogP contribution in [0.1, 0.15) is 59.8 Å². The van der Waals surface area contributed by atoms with E-state index in [1.165, 1.54) is 49.1 Å². The fourth-order valence-corrected chi connectivity index (χ4v) is 4.81. The summed E-state index contributed by atoms with van der Waals surface area (Å²) in [4.78, 5) is 16.1. The molecule has 1 aliphatic heterocycles. The number of nitrogen functional groups attached to an aromatic ring is 1. The van der Waals surface area contributed by atoms with Crippen molar-refractivity contribution in [3.05, 3.63) is 64.0 Å². The molecule has 0 saturated carbocycles. The molecular weight excluding hydrogens is 378 g/mol. The number of nitrogens with two attached hydrogens (primary N) is 1. The predicted octanol–water partition coefficient (Wildman–Crippen LogP) is 5.32. The lowest BCUT2D eigenvalue weighted by Gasteiger charge is -2.26. The molecule has 0 spiro atoms. The molecule has 3 heterocycles. The van der Waals surface area contributed by atoms with Gasteiger partial charge in [-0.2, -0.15) is 0 Å². The average molecular weight is 408 g/mol. The minimum atomic E-state index is 0.0773. The number of ketones is 1. The summed E-state index contributed by atoms with van der Waals surface area (Å²) in [5, 5.41) is 3.01. The maximum atomic E-state index is 12.8. The fourth-order valence-electron chi connectivity index (χ4n) is 4.12. The lowest BCUT2D eigenvalue weighted by Crippen LogP contribution is -2.29. The summed E-state index contributed by atoms with van der Waals surface area (Å²) in [6.07, 6.45) is 10.6. The van der Waals surface area contributed by atoms with E-state index in [1.54, 1.807) is 4.68 Å². The summed E-state index contributed by atoms with van der Waals surface area (Å²) in [5.41, 5.74) is 4.19. The summed E-state index contributed by atoms with van der Waals surface area (Å²) in [5.74, 6) is 6.30. The van der Waals surface area contributed by atoms with Crippen LogP contribution >= 0.6 is 11.3 Å². The van der Waals surface area contributed by atoms with Crippen molar-refractivity contribution in [3.63, 3.8) is 0 Å². The van der Waals surface area contributed by atoms with E-state index in [9.17, 15) is 4.79 Å². The summed E-state index contributed by atoms with van der Waals surface area (Å²) >= 11 is 1.48. The van der Waals surface area contributed by atoms with Gasteiger partial charge in [0.25, 0.3) is 0 Å². The van der Waals surface area contributed by atoms with Crippen molar-refractivity contribution in [1.82, 2.24) is 9.58 Å². The Bertz CT molecular complexity index is 1020. The highest BCUT2D eigenvalue weighted by molar-refractivity contribution is 7.12. The third-order valence-corrected chi connectivity index (χ3v) is 6.68. The first-order chi connectivity index (χ1) is 14.2. The zero-order valence-corrected chi connectivity index (χ0v) is 17.9.